The third kappa shape index (κ3) is 6.22. The molecule has 0 saturated carbocycles. The summed E-state index contributed by atoms with van der Waals surface area (Å²) < 4.78 is 10.3. The van der Waals surface area contributed by atoms with Crippen molar-refractivity contribution in [3.8, 4) is 5.75 Å². The quantitative estimate of drug-likeness (QED) is 0.715. The van der Waals surface area contributed by atoms with Gasteiger partial charge in [-0.3, -0.25) is 9.69 Å². The minimum absolute atomic E-state index is 0.0849. The number of benzene rings is 1. The minimum atomic E-state index is -0.278. The van der Waals surface area contributed by atoms with Gasteiger partial charge in [-0.2, -0.15) is 0 Å². The van der Waals surface area contributed by atoms with Crippen LogP contribution in [0.15, 0.2) is 24.3 Å². The summed E-state index contributed by atoms with van der Waals surface area (Å²) in [6.45, 7) is 7.04. The van der Waals surface area contributed by atoms with Gasteiger partial charge in [0.1, 0.15) is 5.75 Å². The molecule has 26 heavy (non-hydrogen) atoms. The van der Waals surface area contributed by atoms with E-state index < -0.39 is 0 Å². The van der Waals surface area contributed by atoms with Crippen molar-refractivity contribution in [2.75, 3.05) is 53.0 Å². The van der Waals surface area contributed by atoms with Crippen molar-refractivity contribution in [1.29, 1.82) is 0 Å². The molecule has 7 heteroatoms. The van der Waals surface area contributed by atoms with Crippen molar-refractivity contribution in [2.45, 2.75) is 19.8 Å². The smallest absolute Gasteiger partial charge is 0.409 e. The Morgan fingerprint density at radius 1 is 1.12 bits per heavy atom. The molecule has 1 N–H and O–H groups in total. The van der Waals surface area contributed by atoms with Gasteiger partial charge in [0.2, 0.25) is 0 Å². The highest BCUT2D eigenvalue weighted by atomic mass is 16.5. The summed E-state index contributed by atoms with van der Waals surface area (Å²) in [5.74, 6) is 0.705. The number of ether oxygens (including phenoxy) is 2. The number of nitrogens with one attached hydrogen (secondary N) is 1. The second-order valence-electron chi connectivity index (χ2n) is 6.28. The number of piperazine rings is 1. The monoisotopic (exact) mass is 363 g/mol. The van der Waals surface area contributed by atoms with Crippen LogP contribution in [0.1, 0.15) is 30.1 Å². The molecule has 0 bridgehead atoms. The number of unbranched alkanes of at least 4 members (excludes halogenated alkanes) is 1. The Balaban J connectivity index is 1.66. The van der Waals surface area contributed by atoms with E-state index in [1.54, 1.807) is 17.0 Å². The maximum absolute atomic E-state index is 12.2. The van der Waals surface area contributed by atoms with E-state index in [-0.39, 0.29) is 12.0 Å². The zero-order valence-electron chi connectivity index (χ0n) is 15.7. The van der Waals surface area contributed by atoms with Crippen LogP contribution < -0.4 is 10.1 Å². The van der Waals surface area contributed by atoms with Gasteiger partial charge in [-0.05, 0) is 30.7 Å². The second-order valence-corrected chi connectivity index (χ2v) is 6.28. The first kappa shape index (κ1) is 20.0. The maximum atomic E-state index is 12.2. The minimum Gasteiger partial charge on any atom is -0.494 e. The van der Waals surface area contributed by atoms with Gasteiger partial charge in [-0.25, -0.2) is 4.79 Å². The van der Waals surface area contributed by atoms with Crippen molar-refractivity contribution in [1.82, 2.24) is 15.1 Å². The lowest BCUT2D eigenvalue weighted by Gasteiger charge is -2.33. The molecule has 1 aromatic rings. The van der Waals surface area contributed by atoms with Gasteiger partial charge in [-0.15, -0.1) is 0 Å². The van der Waals surface area contributed by atoms with E-state index in [9.17, 15) is 9.59 Å². The normalized spacial score (nSPS) is 14.8. The molecule has 7 nitrogen and oxygen atoms in total. The summed E-state index contributed by atoms with van der Waals surface area (Å²) in [5, 5.41) is 2.94. The molecule has 0 spiro atoms. The Morgan fingerprint density at radius 3 is 2.42 bits per heavy atom. The largest absolute Gasteiger partial charge is 0.494 e. The topological polar surface area (TPSA) is 71.1 Å². The summed E-state index contributed by atoms with van der Waals surface area (Å²) in [7, 11) is 1.40. The van der Waals surface area contributed by atoms with Crippen LogP contribution in [0.4, 0.5) is 4.79 Å². The molecule has 0 atom stereocenters. The summed E-state index contributed by atoms with van der Waals surface area (Å²) in [4.78, 5) is 27.6. The standard InChI is InChI=1S/C19H29N3O4/c1-3-4-15-26-17-7-5-16(6-8-17)18(23)20-9-10-21-11-13-22(14-12-21)19(24)25-2/h5-8H,3-4,9-15H2,1-2H3,(H,20,23). The van der Waals surface area contributed by atoms with E-state index in [2.05, 4.69) is 17.1 Å². The Hall–Kier alpha value is -2.28. The van der Waals surface area contributed by atoms with E-state index in [0.29, 0.717) is 31.8 Å². The van der Waals surface area contributed by atoms with E-state index in [1.165, 1.54) is 7.11 Å². The van der Waals surface area contributed by atoms with E-state index >= 15 is 0 Å². The van der Waals surface area contributed by atoms with E-state index in [1.807, 2.05) is 12.1 Å². The fourth-order valence-electron chi connectivity index (χ4n) is 2.75. The van der Waals surface area contributed by atoms with Crippen molar-refractivity contribution < 1.29 is 19.1 Å². The number of amides is 2. The van der Waals surface area contributed by atoms with Gasteiger partial charge in [0.15, 0.2) is 0 Å². The molecule has 144 valence electrons. The van der Waals surface area contributed by atoms with Crippen molar-refractivity contribution in [2.24, 2.45) is 0 Å². The van der Waals surface area contributed by atoms with Crippen molar-refractivity contribution in [3.05, 3.63) is 29.8 Å². The maximum Gasteiger partial charge on any atom is 0.409 e. The van der Waals surface area contributed by atoms with E-state index in [4.69, 9.17) is 9.47 Å². The molecule has 1 aromatic carbocycles. The van der Waals surface area contributed by atoms with Crippen LogP contribution in [0.5, 0.6) is 5.75 Å². The number of nitrogens with zero attached hydrogens (tertiary/aromatic N) is 2. The van der Waals surface area contributed by atoms with Gasteiger partial charge in [0.05, 0.1) is 13.7 Å². The lowest BCUT2D eigenvalue weighted by molar-refractivity contribution is 0.0885. The van der Waals surface area contributed by atoms with Gasteiger partial charge < -0.3 is 19.7 Å². The molecule has 1 heterocycles. The number of carbonyl (C=O) groups is 2. The molecule has 0 radical (unpaired) electrons. The van der Waals surface area contributed by atoms with Gasteiger partial charge in [-0.1, -0.05) is 13.3 Å². The Kier molecular flexibility index (Phi) is 8.21. The first-order chi connectivity index (χ1) is 12.6. The van der Waals surface area contributed by atoms with Gasteiger partial charge in [0.25, 0.3) is 5.91 Å². The highest BCUT2D eigenvalue weighted by Gasteiger charge is 2.21. The predicted octanol–water partition coefficient (Wildman–Crippen LogP) is 1.98. The molecule has 1 aliphatic rings. The Labute approximate surface area is 155 Å². The average molecular weight is 363 g/mol. The first-order valence-electron chi connectivity index (χ1n) is 9.20. The Bertz CT molecular complexity index is 569. The molecule has 1 saturated heterocycles. The number of methoxy groups -OCH3 is 1. The van der Waals surface area contributed by atoms with Crippen LogP contribution in [0.3, 0.4) is 0 Å². The SMILES string of the molecule is CCCCOc1ccc(C(=O)NCCN2CCN(C(=O)OC)CC2)cc1. The van der Waals surface area contributed by atoms with Crippen LogP contribution in [-0.2, 0) is 4.74 Å². The molecule has 1 aliphatic heterocycles. The first-order valence-corrected chi connectivity index (χ1v) is 9.20. The number of hydrogen-bond donors (Lipinski definition) is 1. The van der Waals surface area contributed by atoms with Crippen LogP contribution in [0, 0.1) is 0 Å². The summed E-state index contributed by atoms with van der Waals surface area (Å²) in [6.07, 6.45) is 1.84. The summed E-state index contributed by atoms with van der Waals surface area (Å²) in [6, 6.07) is 7.23. The average Bonchev–Trinajstić information content (AvgIpc) is 2.68. The number of carbonyl (C=O) groups excluding carboxylic acids is 2. The zero-order chi connectivity index (χ0) is 18.8. The van der Waals surface area contributed by atoms with Gasteiger partial charge in [0, 0.05) is 44.8 Å². The zero-order valence-corrected chi connectivity index (χ0v) is 15.7. The summed E-state index contributed by atoms with van der Waals surface area (Å²) >= 11 is 0. The molecule has 0 aromatic heterocycles. The summed E-state index contributed by atoms with van der Waals surface area (Å²) in [5.41, 5.74) is 0.628. The third-order valence-corrected chi connectivity index (χ3v) is 4.40. The Morgan fingerprint density at radius 2 is 1.81 bits per heavy atom. The van der Waals surface area contributed by atoms with Crippen LogP contribution in [0.25, 0.3) is 0 Å². The fourth-order valence-corrected chi connectivity index (χ4v) is 2.75. The number of hydrogen-bond acceptors (Lipinski definition) is 5. The highest BCUT2D eigenvalue weighted by Crippen LogP contribution is 2.12. The number of rotatable bonds is 8. The fraction of sp³-hybridized carbons (Fsp3) is 0.579. The van der Waals surface area contributed by atoms with Gasteiger partial charge >= 0.3 is 6.09 Å². The predicted molar refractivity (Wildman–Crippen MR) is 99.6 cm³/mol. The molecule has 2 rings (SSSR count). The van der Waals surface area contributed by atoms with Crippen LogP contribution in [-0.4, -0.2) is 74.8 Å². The van der Waals surface area contributed by atoms with Crippen molar-refractivity contribution >= 4 is 12.0 Å². The second kappa shape index (κ2) is 10.7. The molecule has 1 fully saturated rings. The van der Waals surface area contributed by atoms with Crippen molar-refractivity contribution in [3.63, 3.8) is 0 Å². The molecule has 0 aliphatic carbocycles. The lowest BCUT2D eigenvalue weighted by atomic mass is 10.2. The highest BCUT2D eigenvalue weighted by molar-refractivity contribution is 5.94. The van der Waals surface area contributed by atoms with Crippen LogP contribution in [0.2, 0.25) is 0 Å². The molecular weight excluding hydrogens is 334 g/mol. The molecule has 0 unspecified atom stereocenters. The van der Waals surface area contributed by atoms with E-state index in [0.717, 1.165) is 38.2 Å². The third-order valence-electron chi connectivity index (χ3n) is 4.40. The lowest BCUT2D eigenvalue weighted by Crippen LogP contribution is -2.50. The molecule has 2 amide bonds. The molecular formula is C19H29N3O4. The van der Waals surface area contributed by atoms with Crippen LogP contribution >= 0.6 is 0 Å².